The van der Waals surface area contributed by atoms with Gasteiger partial charge < -0.3 is 39.8 Å². The molecule has 5 fully saturated rings. The van der Waals surface area contributed by atoms with Gasteiger partial charge in [0.15, 0.2) is 11.7 Å². The van der Waals surface area contributed by atoms with Crippen LogP contribution < -0.4 is 34.6 Å². The average Bonchev–Trinajstić information content (AvgIpc) is 2.38. The van der Waals surface area contributed by atoms with Crippen molar-refractivity contribution in [3.05, 3.63) is 101 Å². The summed E-state index contributed by atoms with van der Waals surface area (Å²) in [5, 5.41) is 35.7. The number of piperazine rings is 1. The van der Waals surface area contributed by atoms with Crippen LogP contribution in [0.1, 0.15) is 100 Å². The fraction of sp³-hybridized carbons (Fsp3) is 0.469. The van der Waals surface area contributed by atoms with Crippen molar-refractivity contribution in [1.82, 2.24) is 35.4 Å². The molecule has 5 aliphatic rings. The number of aromatic nitrogens is 3. The number of halogens is 5. The summed E-state index contributed by atoms with van der Waals surface area (Å²) in [5.74, 6) is 0.822. The van der Waals surface area contributed by atoms with Gasteiger partial charge in [0.2, 0.25) is 0 Å². The summed E-state index contributed by atoms with van der Waals surface area (Å²) in [4.78, 5) is 35.7. The zero-order chi connectivity index (χ0) is 60.1. The maximum Gasteiger partial charge on any atom is 0.408 e. The molecule has 85 heavy (non-hydrogen) atoms. The zero-order valence-corrected chi connectivity index (χ0v) is 48.5. The number of rotatable bonds is 16. The molecule has 1 amide bonds. The van der Waals surface area contributed by atoms with E-state index < -0.39 is 35.6 Å². The zero-order valence-electron chi connectivity index (χ0n) is 48.5. The van der Waals surface area contributed by atoms with Crippen molar-refractivity contribution in [2.75, 3.05) is 76.4 Å². The molecule has 4 saturated heterocycles. The average molecular weight is 1170 g/mol. The minimum Gasteiger partial charge on any atom is -0.508 e. The Labute approximate surface area is 491 Å². The van der Waals surface area contributed by atoms with Crippen LogP contribution in [-0.2, 0) is 11.3 Å². The number of alkyl halides is 3. The number of likely N-dealkylation sites (tertiary alicyclic amines) is 2. The van der Waals surface area contributed by atoms with Crippen molar-refractivity contribution in [3.8, 4) is 46.9 Å². The highest BCUT2D eigenvalue weighted by Crippen LogP contribution is 2.48. The molecular weight excluding hydrogens is 1100 g/mol. The van der Waals surface area contributed by atoms with Crippen LogP contribution >= 0.6 is 0 Å². The number of amidine groups is 2. The van der Waals surface area contributed by atoms with E-state index in [9.17, 15) is 28.5 Å². The van der Waals surface area contributed by atoms with Gasteiger partial charge >= 0.3 is 12.2 Å². The summed E-state index contributed by atoms with van der Waals surface area (Å²) in [6.07, 6.45) is 11.0. The summed E-state index contributed by atoms with van der Waals surface area (Å²) >= 11 is 0. The van der Waals surface area contributed by atoms with Crippen molar-refractivity contribution < 1.29 is 46.1 Å². The Morgan fingerprint density at radius 3 is 2.16 bits per heavy atom. The third-order valence-electron chi connectivity index (χ3n) is 18.1. The van der Waals surface area contributed by atoms with Crippen LogP contribution in [0.15, 0.2) is 66.9 Å². The third kappa shape index (κ3) is 12.3. The molecule has 21 heteroatoms. The van der Waals surface area contributed by atoms with Crippen molar-refractivity contribution in [2.24, 2.45) is 17.3 Å². The van der Waals surface area contributed by atoms with Crippen LogP contribution in [0, 0.1) is 52.0 Å². The number of nitrogens with zero attached hydrogens (tertiary/aromatic N) is 7. The smallest absolute Gasteiger partial charge is 0.408 e. The number of piperidine rings is 2. The summed E-state index contributed by atoms with van der Waals surface area (Å²) in [6, 6.07) is 14.3. The van der Waals surface area contributed by atoms with Gasteiger partial charge in [-0.2, -0.15) is 23.1 Å². The number of ether oxygens (including phenoxy) is 3. The summed E-state index contributed by atoms with van der Waals surface area (Å²) in [6.45, 7) is 11.7. The molecule has 6 aromatic rings. The van der Waals surface area contributed by atoms with Gasteiger partial charge in [-0.25, -0.2) is 8.78 Å². The number of methoxy groups -OCH3 is 2. The number of amides is 1. The van der Waals surface area contributed by atoms with Crippen LogP contribution in [0.4, 0.5) is 33.5 Å². The lowest BCUT2D eigenvalue weighted by Crippen LogP contribution is -2.51. The Bertz CT molecular complexity index is 3560. The minimum atomic E-state index is -4.74. The molecule has 3 atom stereocenters. The Hall–Kier alpha value is -7.67. The molecule has 1 saturated carbocycles. The van der Waals surface area contributed by atoms with E-state index in [1.54, 1.807) is 30.5 Å². The molecule has 2 bridgehead atoms. The monoisotopic (exact) mass is 1170 g/mol. The molecule has 16 nitrogen and oxygen atoms in total. The number of terminal acetylenes is 1. The second kappa shape index (κ2) is 24.0. The van der Waals surface area contributed by atoms with Crippen LogP contribution in [0.2, 0.25) is 0 Å². The van der Waals surface area contributed by atoms with Crippen molar-refractivity contribution >= 4 is 50.8 Å². The molecule has 4 aromatic carbocycles. The largest absolute Gasteiger partial charge is 0.508 e. The van der Waals surface area contributed by atoms with Crippen molar-refractivity contribution in [3.63, 3.8) is 0 Å². The molecule has 6 heterocycles. The van der Waals surface area contributed by atoms with E-state index in [-0.39, 0.29) is 85.7 Å². The number of hydrogen-bond acceptors (Lipinski definition) is 14. The van der Waals surface area contributed by atoms with E-state index in [0.717, 1.165) is 107 Å². The Balaban J connectivity index is 0.721. The minimum absolute atomic E-state index is 0.0165. The lowest BCUT2D eigenvalue weighted by Gasteiger charge is -2.41. The van der Waals surface area contributed by atoms with Crippen molar-refractivity contribution in [2.45, 2.75) is 109 Å². The predicted molar refractivity (Wildman–Crippen MR) is 317 cm³/mol. The van der Waals surface area contributed by atoms with E-state index in [2.05, 4.69) is 30.9 Å². The number of aromatic hydroxyl groups is 1. The third-order valence-corrected chi connectivity index (χ3v) is 18.1. The fourth-order valence-electron chi connectivity index (χ4n) is 13.1. The number of phenols is 1. The Morgan fingerprint density at radius 1 is 0.894 bits per heavy atom. The van der Waals surface area contributed by atoms with Crippen LogP contribution in [0.25, 0.3) is 32.9 Å². The standard InChI is InChI=1S/C64H72F5N11O5/c1-7-46-51(65)15-10-41-26-45(81)27-49(54(41)46)56-55(66)57-50(30-72-56)60(79-32-42-11-12-43(33-79)74-42)76-62(75-57)85-35-63(20-21-63)34-78-24-18-40(19-25-78)39-16-22-77(23-17-39)31-38-8-13-44(14-9-38)80(59(71)61(82)73-37(4)64(67,68)69)58(70)48-28-47(36(2)3)52(83-5)29-53(48)84-6/h1,8-10,13-15,26-30,36-37,39-40,42-43,70-71,74,81H,11-12,16-25,31-35H2,2-6H3,(H,73,82). The van der Waals surface area contributed by atoms with E-state index in [0.29, 0.717) is 60.4 Å². The first-order chi connectivity index (χ1) is 40.7. The second-order valence-corrected chi connectivity index (χ2v) is 24.1. The van der Waals surface area contributed by atoms with Gasteiger partial charge in [-0.05, 0) is 155 Å². The molecule has 448 valence electrons. The molecule has 3 unspecified atom stereocenters. The highest BCUT2D eigenvalue weighted by molar-refractivity contribution is 6.48. The fourth-order valence-corrected chi connectivity index (χ4v) is 13.1. The van der Waals surface area contributed by atoms with E-state index in [1.807, 2.05) is 31.3 Å². The molecular formula is C64H72F5N11O5. The van der Waals surface area contributed by atoms with Crippen LogP contribution in [0.5, 0.6) is 23.3 Å². The number of benzene rings is 4. The lowest BCUT2D eigenvalue weighted by atomic mass is 9.78. The molecule has 0 radical (unpaired) electrons. The molecule has 4 aliphatic heterocycles. The number of nitrogens with one attached hydrogen (secondary N) is 4. The van der Waals surface area contributed by atoms with Gasteiger partial charge in [-0.3, -0.25) is 30.4 Å². The maximum atomic E-state index is 17.2. The predicted octanol–water partition coefficient (Wildman–Crippen LogP) is 10.6. The van der Waals surface area contributed by atoms with Gasteiger partial charge in [0, 0.05) is 72.6 Å². The van der Waals surface area contributed by atoms with E-state index >= 15 is 8.78 Å². The maximum absolute atomic E-state index is 17.2. The molecule has 2 aromatic heterocycles. The van der Waals surface area contributed by atoms with Crippen LogP contribution in [-0.4, -0.2) is 138 Å². The number of pyridine rings is 1. The van der Waals surface area contributed by atoms with Gasteiger partial charge in [-0.1, -0.05) is 38.0 Å². The number of fused-ring (bicyclic) bond motifs is 4. The molecule has 1 aliphatic carbocycles. The van der Waals surface area contributed by atoms with E-state index in [1.165, 1.54) is 38.5 Å². The number of hydrogen-bond donors (Lipinski definition) is 5. The number of phenolic OH excluding ortho intramolecular Hbond substituents is 1. The van der Waals surface area contributed by atoms with Gasteiger partial charge in [0.1, 0.15) is 52.0 Å². The summed E-state index contributed by atoms with van der Waals surface area (Å²) in [5.41, 5.74) is 2.08. The van der Waals surface area contributed by atoms with E-state index in [4.69, 9.17) is 36.0 Å². The lowest BCUT2D eigenvalue weighted by molar-refractivity contribution is -0.156. The number of carbonyl (C=O) groups excluding carboxylic acids is 1. The second-order valence-electron chi connectivity index (χ2n) is 24.1. The Kier molecular flexibility index (Phi) is 16.7. The molecule has 11 rings (SSSR count). The molecule has 5 N–H and O–H groups in total. The first-order valence-corrected chi connectivity index (χ1v) is 29.3. The first-order valence-electron chi connectivity index (χ1n) is 29.3. The van der Waals surface area contributed by atoms with Gasteiger partial charge in [-0.15, -0.1) is 6.42 Å². The quantitative estimate of drug-likeness (QED) is 0.0267. The normalized spacial score (nSPS) is 19.7. The topological polar surface area (TPSA) is 188 Å². The SMILES string of the molecule is C#Cc1c(F)ccc2cc(O)cc(-c3ncc4c(N5CC6CCC(C5)N6)nc(OCC5(CN6CCC(C7CCN(Cc8ccc(N(C(=N)C(=O)NC(C)C(F)(F)F)C(=N)c9cc(C(C)C)c(OC)cc9OC)cc8)CC7)CC6)CC5)nc4c3F)c12. The number of carbonyl (C=O) groups is 1. The number of anilines is 2. The summed E-state index contributed by atoms with van der Waals surface area (Å²) in [7, 11) is 2.93. The van der Waals surface area contributed by atoms with Crippen LogP contribution in [0.3, 0.4) is 0 Å². The van der Waals surface area contributed by atoms with Gasteiger partial charge in [0.25, 0.3) is 5.91 Å². The van der Waals surface area contributed by atoms with Crippen molar-refractivity contribution in [1.29, 1.82) is 10.8 Å². The summed E-state index contributed by atoms with van der Waals surface area (Å²) < 4.78 is 90.8. The molecule has 0 spiro atoms. The highest BCUT2D eigenvalue weighted by Gasteiger charge is 2.46. The van der Waals surface area contributed by atoms with Gasteiger partial charge in [0.05, 0.1) is 37.3 Å². The first kappa shape index (κ1) is 59.1. The highest BCUT2D eigenvalue weighted by atomic mass is 19.4. The Morgan fingerprint density at radius 2 is 1.55 bits per heavy atom.